The van der Waals surface area contributed by atoms with Crippen LogP contribution in [0.25, 0.3) is 10.9 Å². The average molecular weight is 352 g/mol. The molecule has 0 bridgehead atoms. The zero-order valence-electron chi connectivity index (χ0n) is 14.7. The number of H-pyrrole nitrogens is 1. The van der Waals surface area contributed by atoms with Crippen molar-refractivity contribution in [2.24, 2.45) is 5.92 Å². The maximum Gasteiger partial charge on any atom is 0.0650 e. The van der Waals surface area contributed by atoms with Crippen LogP contribution in [0.2, 0.25) is 0 Å². The number of aromatic nitrogens is 2. The van der Waals surface area contributed by atoms with Crippen LogP contribution in [0.5, 0.6) is 0 Å². The van der Waals surface area contributed by atoms with E-state index in [4.69, 9.17) is 0 Å². The highest BCUT2D eigenvalue weighted by Crippen LogP contribution is 2.24. The number of piperidine rings is 1. The van der Waals surface area contributed by atoms with Gasteiger partial charge in [0, 0.05) is 23.4 Å². The lowest BCUT2D eigenvalue weighted by molar-refractivity contribution is 0.167. The van der Waals surface area contributed by atoms with Gasteiger partial charge in [-0.2, -0.15) is 5.10 Å². The van der Waals surface area contributed by atoms with Gasteiger partial charge in [0.1, 0.15) is 0 Å². The van der Waals surface area contributed by atoms with Gasteiger partial charge in [0.15, 0.2) is 0 Å². The Labute approximate surface area is 153 Å². The van der Waals surface area contributed by atoms with Crippen LogP contribution in [0.3, 0.4) is 0 Å². The van der Waals surface area contributed by atoms with Gasteiger partial charge in [-0.05, 0) is 73.4 Å². The molecule has 0 spiro atoms. The predicted molar refractivity (Wildman–Crippen MR) is 106 cm³/mol. The third-order valence-corrected chi connectivity index (χ3v) is 5.94. The molecule has 2 aromatic carbocycles. The minimum absolute atomic E-state index is 0.753. The minimum atomic E-state index is 0.753. The standard InChI is InChI=1S/C21H25N3S/c1-25-20-7-4-16(5-8-20)14-24-10-2-3-18(15-24)11-17-6-9-21-19(12-17)13-22-23-21/h4-9,12-13,18H,2-3,10-11,14-15H2,1H3,(H,22,23). The zero-order valence-corrected chi connectivity index (χ0v) is 15.6. The molecule has 0 radical (unpaired) electrons. The van der Waals surface area contributed by atoms with Crippen molar-refractivity contribution in [2.75, 3.05) is 19.3 Å². The number of nitrogens with zero attached hydrogens (tertiary/aromatic N) is 2. The summed E-state index contributed by atoms with van der Waals surface area (Å²) in [4.78, 5) is 3.97. The van der Waals surface area contributed by atoms with Crippen molar-refractivity contribution in [1.82, 2.24) is 15.1 Å². The Morgan fingerprint density at radius 1 is 1.16 bits per heavy atom. The highest BCUT2D eigenvalue weighted by Gasteiger charge is 2.20. The first-order chi connectivity index (χ1) is 12.3. The summed E-state index contributed by atoms with van der Waals surface area (Å²) in [5.74, 6) is 0.753. The van der Waals surface area contributed by atoms with Crippen molar-refractivity contribution >= 4 is 22.7 Å². The van der Waals surface area contributed by atoms with E-state index in [1.165, 1.54) is 53.8 Å². The van der Waals surface area contributed by atoms with Gasteiger partial charge in [0.25, 0.3) is 0 Å². The van der Waals surface area contributed by atoms with E-state index in [2.05, 4.69) is 63.8 Å². The molecule has 2 heterocycles. The number of fused-ring (bicyclic) bond motifs is 1. The lowest BCUT2D eigenvalue weighted by atomic mass is 9.90. The van der Waals surface area contributed by atoms with Gasteiger partial charge in [-0.1, -0.05) is 18.2 Å². The van der Waals surface area contributed by atoms with Crippen molar-refractivity contribution in [3.63, 3.8) is 0 Å². The van der Waals surface area contributed by atoms with E-state index in [0.717, 1.165) is 18.0 Å². The first-order valence-corrected chi connectivity index (χ1v) is 10.3. The van der Waals surface area contributed by atoms with Crippen LogP contribution >= 0.6 is 11.8 Å². The summed E-state index contributed by atoms with van der Waals surface area (Å²) in [6.07, 6.45) is 7.87. The van der Waals surface area contributed by atoms with Gasteiger partial charge < -0.3 is 0 Å². The van der Waals surface area contributed by atoms with Crippen LogP contribution < -0.4 is 0 Å². The quantitative estimate of drug-likeness (QED) is 0.674. The Balaban J connectivity index is 1.38. The van der Waals surface area contributed by atoms with Crippen LogP contribution in [-0.4, -0.2) is 34.4 Å². The Morgan fingerprint density at radius 2 is 2.00 bits per heavy atom. The topological polar surface area (TPSA) is 31.9 Å². The normalized spacial score (nSPS) is 18.7. The van der Waals surface area contributed by atoms with Crippen LogP contribution in [0, 0.1) is 5.92 Å². The summed E-state index contributed by atoms with van der Waals surface area (Å²) >= 11 is 1.81. The summed E-state index contributed by atoms with van der Waals surface area (Å²) in [6, 6.07) is 15.7. The molecule has 1 fully saturated rings. The number of benzene rings is 2. The van der Waals surface area contributed by atoms with Gasteiger partial charge in [-0.15, -0.1) is 11.8 Å². The van der Waals surface area contributed by atoms with Gasteiger partial charge in [0.05, 0.1) is 11.7 Å². The Kier molecular flexibility index (Phi) is 5.09. The second-order valence-electron chi connectivity index (χ2n) is 7.09. The first-order valence-electron chi connectivity index (χ1n) is 9.07. The molecule has 1 aliphatic rings. The van der Waals surface area contributed by atoms with E-state index in [1.54, 1.807) is 11.8 Å². The molecule has 3 aromatic rings. The van der Waals surface area contributed by atoms with Crippen LogP contribution in [-0.2, 0) is 13.0 Å². The predicted octanol–water partition coefficient (Wildman–Crippen LogP) is 4.74. The minimum Gasteiger partial charge on any atom is -0.299 e. The fourth-order valence-electron chi connectivity index (χ4n) is 3.90. The molecule has 4 rings (SSSR count). The third-order valence-electron chi connectivity index (χ3n) is 5.20. The third kappa shape index (κ3) is 4.07. The lowest BCUT2D eigenvalue weighted by Crippen LogP contribution is -2.35. The van der Waals surface area contributed by atoms with E-state index >= 15 is 0 Å². The molecular weight excluding hydrogens is 326 g/mol. The Morgan fingerprint density at radius 3 is 2.84 bits per heavy atom. The summed E-state index contributed by atoms with van der Waals surface area (Å²) in [5, 5.41) is 8.38. The second kappa shape index (κ2) is 7.63. The molecule has 1 aliphatic heterocycles. The summed E-state index contributed by atoms with van der Waals surface area (Å²) in [6.45, 7) is 3.50. The zero-order chi connectivity index (χ0) is 17.1. The SMILES string of the molecule is CSc1ccc(CN2CCCC(Cc3ccc4[nH]ncc4c3)C2)cc1. The molecule has 1 unspecified atom stereocenters. The Bertz CT molecular complexity index is 825. The maximum absolute atomic E-state index is 4.13. The number of hydrogen-bond donors (Lipinski definition) is 1. The molecule has 1 N–H and O–H groups in total. The fourth-order valence-corrected chi connectivity index (χ4v) is 4.31. The fraction of sp³-hybridized carbons (Fsp3) is 0.381. The molecule has 0 saturated carbocycles. The Hall–Kier alpha value is -1.78. The molecule has 1 aromatic heterocycles. The molecule has 1 saturated heterocycles. The average Bonchev–Trinajstić information content (AvgIpc) is 3.10. The van der Waals surface area contributed by atoms with E-state index in [9.17, 15) is 0 Å². The van der Waals surface area contributed by atoms with Crippen LogP contribution in [0.15, 0.2) is 53.6 Å². The lowest BCUT2D eigenvalue weighted by Gasteiger charge is -2.33. The second-order valence-corrected chi connectivity index (χ2v) is 7.97. The molecule has 130 valence electrons. The summed E-state index contributed by atoms with van der Waals surface area (Å²) in [7, 11) is 0. The molecule has 0 amide bonds. The van der Waals surface area contributed by atoms with Crippen LogP contribution in [0.4, 0.5) is 0 Å². The molecule has 25 heavy (non-hydrogen) atoms. The highest BCUT2D eigenvalue weighted by molar-refractivity contribution is 7.98. The first kappa shape index (κ1) is 16.7. The van der Waals surface area contributed by atoms with E-state index in [0.29, 0.717) is 0 Å². The number of likely N-dealkylation sites (tertiary alicyclic amines) is 1. The van der Waals surface area contributed by atoms with E-state index in [1.807, 2.05) is 6.20 Å². The number of thioether (sulfide) groups is 1. The molecule has 3 nitrogen and oxygen atoms in total. The molecular formula is C21H25N3S. The van der Waals surface area contributed by atoms with Gasteiger partial charge >= 0.3 is 0 Å². The van der Waals surface area contributed by atoms with Crippen molar-refractivity contribution < 1.29 is 0 Å². The molecule has 0 aliphatic carbocycles. The number of aromatic amines is 1. The summed E-state index contributed by atoms with van der Waals surface area (Å²) < 4.78 is 0. The monoisotopic (exact) mass is 351 g/mol. The number of hydrogen-bond acceptors (Lipinski definition) is 3. The molecule has 4 heteroatoms. The molecule has 1 atom stereocenters. The van der Waals surface area contributed by atoms with Crippen molar-refractivity contribution in [2.45, 2.75) is 30.7 Å². The number of rotatable bonds is 5. The van der Waals surface area contributed by atoms with Crippen molar-refractivity contribution in [1.29, 1.82) is 0 Å². The van der Waals surface area contributed by atoms with Gasteiger partial charge in [-0.25, -0.2) is 0 Å². The maximum atomic E-state index is 4.13. The van der Waals surface area contributed by atoms with Gasteiger partial charge in [0.2, 0.25) is 0 Å². The van der Waals surface area contributed by atoms with Gasteiger partial charge in [-0.3, -0.25) is 10.00 Å². The van der Waals surface area contributed by atoms with Crippen LogP contribution in [0.1, 0.15) is 24.0 Å². The largest absolute Gasteiger partial charge is 0.299 e. The van der Waals surface area contributed by atoms with E-state index < -0.39 is 0 Å². The summed E-state index contributed by atoms with van der Waals surface area (Å²) in [5.41, 5.74) is 3.99. The number of nitrogens with one attached hydrogen (secondary N) is 1. The smallest absolute Gasteiger partial charge is 0.0650 e. The van der Waals surface area contributed by atoms with Crippen molar-refractivity contribution in [3.8, 4) is 0 Å². The van der Waals surface area contributed by atoms with E-state index in [-0.39, 0.29) is 0 Å². The highest BCUT2D eigenvalue weighted by atomic mass is 32.2. The van der Waals surface area contributed by atoms with Crippen molar-refractivity contribution in [3.05, 3.63) is 59.8 Å².